The normalized spacial score (nSPS) is 12.4. The lowest BCUT2D eigenvalue weighted by Gasteiger charge is -2.13. The van der Waals surface area contributed by atoms with Crippen molar-refractivity contribution in [3.63, 3.8) is 0 Å². The summed E-state index contributed by atoms with van der Waals surface area (Å²) in [5.74, 6) is -1.08. The summed E-state index contributed by atoms with van der Waals surface area (Å²) >= 11 is 5.43. The maximum atomic E-state index is 12.8. The van der Waals surface area contributed by atoms with Gasteiger partial charge < -0.3 is 10.5 Å². The lowest BCUT2D eigenvalue weighted by molar-refractivity contribution is -0.138. The molecule has 0 fully saturated rings. The molecule has 1 aromatic rings. The van der Waals surface area contributed by atoms with E-state index in [2.05, 4.69) is 9.73 Å². The van der Waals surface area contributed by atoms with Gasteiger partial charge in [0.2, 0.25) is 0 Å². The Balaban J connectivity index is 3.54. The zero-order valence-corrected chi connectivity index (χ0v) is 11.5. The van der Waals surface area contributed by atoms with E-state index in [-0.39, 0.29) is 28.5 Å². The number of methoxy groups -OCH3 is 1. The van der Waals surface area contributed by atoms with Crippen molar-refractivity contribution in [3.8, 4) is 0 Å². The van der Waals surface area contributed by atoms with Gasteiger partial charge in [-0.25, -0.2) is 9.79 Å². The molecule has 1 aromatic carbocycles. The van der Waals surface area contributed by atoms with Gasteiger partial charge >= 0.3 is 12.1 Å². The largest absolute Gasteiger partial charge is 0.465 e. The molecule has 0 amide bonds. The number of esters is 1. The number of carbonyl (C=O) groups excluding carboxylic acids is 1. The number of aliphatic imine (C=N–C) groups is 1. The van der Waals surface area contributed by atoms with Crippen LogP contribution in [-0.2, 0) is 10.9 Å². The van der Waals surface area contributed by atoms with E-state index in [0.717, 1.165) is 19.2 Å². The van der Waals surface area contributed by atoms with Crippen LogP contribution in [0.2, 0.25) is 0 Å². The van der Waals surface area contributed by atoms with Gasteiger partial charge in [0.15, 0.2) is 0 Å². The molecule has 1 rings (SSSR count). The van der Waals surface area contributed by atoms with Crippen LogP contribution < -0.4 is 5.73 Å². The maximum Gasteiger partial charge on any atom is 0.416 e. The van der Waals surface area contributed by atoms with Crippen LogP contribution in [0, 0.1) is 6.92 Å². The number of rotatable bonds is 3. The third kappa shape index (κ3) is 3.63. The van der Waals surface area contributed by atoms with Crippen molar-refractivity contribution >= 4 is 29.1 Å². The van der Waals surface area contributed by atoms with Crippen molar-refractivity contribution in [3.05, 3.63) is 28.8 Å². The number of alkyl halides is 4. The summed E-state index contributed by atoms with van der Waals surface area (Å²) in [6.07, 6.45) is -4.56. The zero-order valence-electron chi connectivity index (χ0n) is 10.7. The van der Waals surface area contributed by atoms with Crippen LogP contribution in [-0.4, -0.2) is 24.8 Å². The number of benzene rings is 1. The topological polar surface area (TPSA) is 64.7 Å². The van der Waals surface area contributed by atoms with Crippen LogP contribution in [0.15, 0.2) is 17.1 Å². The summed E-state index contributed by atoms with van der Waals surface area (Å²) in [7, 11) is 1.12. The van der Waals surface area contributed by atoms with E-state index >= 15 is 0 Å². The minimum Gasteiger partial charge on any atom is -0.465 e. The molecule has 4 nitrogen and oxygen atoms in total. The number of hydrogen-bond acceptors (Lipinski definition) is 3. The Morgan fingerprint density at radius 2 is 2.05 bits per heavy atom. The highest BCUT2D eigenvalue weighted by Gasteiger charge is 2.34. The molecular weight excluding hydrogens is 297 g/mol. The Morgan fingerprint density at radius 1 is 1.45 bits per heavy atom. The second-order valence-corrected chi connectivity index (χ2v) is 4.18. The van der Waals surface area contributed by atoms with Gasteiger partial charge in [-0.1, -0.05) is 0 Å². The predicted octanol–water partition coefficient (Wildman–Crippen LogP) is 3.03. The first-order chi connectivity index (χ1) is 9.20. The van der Waals surface area contributed by atoms with E-state index in [1.807, 2.05) is 0 Å². The highest BCUT2D eigenvalue weighted by Crippen LogP contribution is 2.36. The molecule has 0 saturated heterocycles. The first kappa shape index (κ1) is 16.3. The Labute approximate surface area is 118 Å². The highest BCUT2D eigenvalue weighted by atomic mass is 35.5. The summed E-state index contributed by atoms with van der Waals surface area (Å²) in [4.78, 5) is 15.3. The lowest BCUT2D eigenvalue weighted by atomic mass is 10.0. The van der Waals surface area contributed by atoms with E-state index in [1.54, 1.807) is 0 Å². The number of halogens is 4. The molecule has 0 spiro atoms. The van der Waals surface area contributed by atoms with Crippen LogP contribution in [0.1, 0.15) is 21.5 Å². The predicted molar refractivity (Wildman–Crippen MR) is 69.5 cm³/mol. The first-order valence-corrected chi connectivity index (χ1v) is 5.93. The van der Waals surface area contributed by atoms with Crippen molar-refractivity contribution in [2.24, 2.45) is 10.7 Å². The molecule has 0 aliphatic carbocycles. The summed E-state index contributed by atoms with van der Waals surface area (Å²) < 4.78 is 43.0. The molecule has 0 atom stereocenters. The summed E-state index contributed by atoms with van der Waals surface area (Å²) in [6, 6.07) is 1.82. The third-order valence-electron chi connectivity index (χ3n) is 2.45. The van der Waals surface area contributed by atoms with Gasteiger partial charge in [0.25, 0.3) is 0 Å². The van der Waals surface area contributed by atoms with E-state index in [9.17, 15) is 18.0 Å². The molecule has 0 aliphatic rings. The lowest BCUT2D eigenvalue weighted by Crippen LogP contribution is -2.14. The molecule has 0 aliphatic heterocycles. The van der Waals surface area contributed by atoms with Crippen LogP contribution in [0.5, 0.6) is 0 Å². The van der Waals surface area contributed by atoms with Crippen LogP contribution in [0.3, 0.4) is 0 Å². The molecule has 0 radical (unpaired) electrons. The molecule has 0 saturated carbocycles. The number of amidine groups is 1. The SMILES string of the molecule is COC(=O)c1cc(C)c(C(F)(F)F)cc1N=C(N)CCl. The molecule has 0 heterocycles. The minimum atomic E-state index is -4.56. The van der Waals surface area contributed by atoms with E-state index in [1.165, 1.54) is 6.92 Å². The average Bonchev–Trinajstić information content (AvgIpc) is 2.37. The van der Waals surface area contributed by atoms with E-state index in [4.69, 9.17) is 17.3 Å². The minimum absolute atomic E-state index is 0.103. The van der Waals surface area contributed by atoms with Gasteiger partial charge in [-0.2, -0.15) is 13.2 Å². The van der Waals surface area contributed by atoms with Gasteiger partial charge in [-0.15, -0.1) is 11.6 Å². The summed E-state index contributed by atoms with van der Waals surface area (Å²) in [5.41, 5.74) is 4.06. The van der Waals surface area contributed by atoms with E-state index < -0.39 is 17.7 Å². The maximum absolute atomic E-state index is 12.8. The fourth-order valence-corrected chi connectivity index (χ4v) is 1.61. The zero-order chi connectivity index (χ0) is 15.5. The van der Waals surface area contributed by atoms with Crippen LogP contribution >= 0.6 is 11.6 Å². The monoisotopic (exact) mass is 308 g/mol. The standard InChI is InChI=1S/C12H12ClF3N2O2/c1-6-3-7(11(19)20-2)9(18-10(17)5-13)4-8(6)12(14,15)16/h3-4H,5H2,1-2H3,(H2,17,18). The molecule has 0 unspecified atom stereocenters. The van der Waals surface area contributed by atoms with Crippen molar-refractivity contribution in [2.75, 3.05) is 13.0 Å². The van der Waals surface area contributed by atoms with Crippen molar-refractivity contribution < 1.29 is 22.7 Å². The molecular formula is C12H12ClF3N2O2. The van der Waals surface area contributed by atoms with Gasteiger partial charge in [-0.05, 0) is 24.6 Å². The molecule has 2 N–H and O–H groups in total. The fourth-order valence-electron chi connectivity index (χ4n) is 1.55. The average molecular weight is 309 g/mol. The molecule has 8 heteroatoms. The quantitative estimate of drug-likeness (QED) is 0.404. The Bertz CT molecular complexity index is 556. The van der Waals surface area contributed by atoms with Gasteiger partial charge in [0.05, 0.1) is 29.8 Å². The van der Waals surface area contributed by atoms with Crippen LogP contribution in [0.4, 0.5) is 18.9 Å². The van der Waals surface area contributed by atoms with Gasteiger partial charge in [0.1, 0.15) is 5.84 Å². The third-order valence-corrected chi connectivity index (χ3v) is 2.73. The summed E-state index contributed by atoms with van der Waals surface area (Å²) in [5, 5.41) is 0. The summed E-state index contributed by atoms with van der Waals surface area (Å²) in [6.45, 7) is 1.24. The van der Waals surface area contributed by atoms with Crippen molar-refractivity contribution in [1.82, 2.24) is 0 Å². The second-order valence-electron chi connectivity index (χ2n) is 3.91. The number of hydrogen-bond donors (Lipinski definition) is 1. The molecule has 0 aromatic heterocycles. The molecule has 0 bridgehead atoms. The first-order valence-electron chi connectivity index (χ1n) is 5.39. The fraction of sp³-hybridized carbons (Fsp3) is 0.333. The smallest absolute Gasteiger partial charge is 0.416 e. The second kappa shape index (κ2) is 6.13. The number of aryl methyl sites for hydroxylation is 1. The highest BCUT2D eigenvalue weighted by molar-refractivity contribution is 6.28. The van der Waals surface area contributed by atoms with Gasteiger partial charge in [0, 0.05) is 0 Å². The van der Waals surface area contributed by atoms with Crippen molar-refractivity contribution in [2.45, 2.75) is 13.1 Å². The Hall–Kier alpha value is -1.76. The Morgan fingerprint density at radius 3 is 2.50 bits per heavy atom. The van der Waals surface area contributed by atoms with Gasteiger partial charge in [-0.3, -0.25) is 0 Å². The van der Waals surface area contributed by atoms with Crippen molar-refractivity contribution in [1.29, 1.82) is 0 Å². The molecule has 20 heavy (non-hydrogen) atoms. The number of nitrogens with zero attached hydrogens (tertiary/aromatic N) is 1. The Kier molecular flexibility index (Phi) is 4.99. The number of ether oxygens (including phenoxy) is 1. The number of nitrogens with two attached hydrogens (primary N) is 1. The van der Waals surface area contributed by atoms with Crippen LogP contribution in [0.25, 0.3) is 0 Å². The number of carbonyl (C=O) groups is 1. The van der Waals surface area contributed by atoms with E-state index in [0.29, 0.717) is 0 Å². The molecule has 110 valence electrons.